The van der Waals surface area contributed by atoms with Gasteiger partial charge in [0.1, 0.15) is 5.82 Å². The molecule has 0 spiro atoms. The van der Waals surface area contributed by atoms with Gasteiger partial charge in [-0.2, -0.15) is 5.10 Å². The normalized spacial score (nSPS) is 12.6. The zero-order valence-corrected chi connectivity index (χ0v) is 12.6. The topological polar surface area (TPSA) is 17.8 Å². The summed E-state index contributed by atoms with van der Waals surface area (Å²) in [5, 5.41) is 5.14. The maximum Gasteiger partial charge on any atom is 0.123 e. The van der Waals surface area contributed by atoms with Crippen LogP contribution in [0.1, 0.15) is 17.7 Å². The molecule has 0 N–H and O–H groups in total. The summed E-state index contributed by atoms with van der Waals surface area (Å²) in [6.45, 7) is 0. The Labute approximate surface area is 121 Å². The molecule has 0 aliphatic rings. The first kappa shape index (κ1) is 14.3. The van der Waals surface area contributed by atoms with Crippen molar-refractivity contribution in [1.82, 2.24) is 9.78 Å². The number of hydrogen-bond donors (Lipinski definition) is 0. The van der Waals surface area contributed by atoms with E-state index in [1.165, 1.54) is 23.4 Å². The van der Waals surface area contributed by atoms with E-state index in [9.17, 15) is 4.39 Å². The highest BCUT2D eigenvalue weighted by Gasteiger charge is 2.10. The first-order valence-corrected chi connectivity index (χ1v) is 7.58. The molecule has 2 aromatic rings. The Morgan fingerprint density at radius 1 is 1.26 bits per heavy atom. The smallest absolute Gasteiger partial charge is 0.123 e. The number of alkyl halides is 1. The van der Waals surface area contributed by atoms with Crippen LogP contribution in [0.3, 0.4) is 0 Å². The second-order valence-corrected chi connectivity index (χ2v) is 5.48. The highest BCUT2D eigenvalue weighted by Crippen LogP contribution is 2.18. The number of aryl methyl sites for hydroxylation is 2. The predicted molar refractivity (Wildman–Crippen MR) is 78.9 cm³/mol. The Morgan fingerprint density at radius 3 is 2.58 bits per heavy atom. The second kappa shape index (κ2) is 6.85. The van der Waals surface area contributed by atoms with Crippen molar-refractivity contribution in [1.29, 1.82) is 0 Å². The van der Waals surface area contributed by atoms with Crippen LogP contribution in [-0.4, -0.2) is 15.1 Å². The fourth-order valence-electron chi connectivity index (χ4n) is 2.19. The molecule has 0 aliphatic carbocycles. The number of halogens is 2. The third kappa shape index (κ3) is 4.16. The molecule has 1 aromatic heterocycles. The van der Waals surface area contributed by atoms with Crippen LogP contribution in [0.15, 0.2) is 36.5 Å². The molecule has 1 aromatic carbocycles. The van der Waals surface area contributed by atoms with Gasteiger partial charge in [-0.05, 0) is 48.9 Å². The van der Waals surface area contributed by atoms with Crippen molar-refractivity contribution >= 4 is 15.9 Å². The zero-order valence-electron chi connectivity index (χ0n) is 11.0. The predicted octanol–water partition coefficient (Wildman–Crippen LogP) is 3.75. The van der Waals surface area contributed by atoms with Gasteiger partial charge in [0.15, 0.2) is 0 Å². The summed E-state index contributed by atoms with van der Waals surface area (Å²) in [6.07, 6.45) is 4.93. The zero-order chi connectivity index (χ0) is 13.7. The van der Waals surface area contributed by atoms with E-state index in [-0.39, 0.29) is 5.82 Å². The number of aromatic nitrogens is 2. The molecule has 0 aliphatic heterocycles. The molecule has 4 heteroatoms. The number of hydrogen-bond acceptors (Lipinski definition) is 1. The van der Waals surface area contributed by atoms with Gasteiger partial charge < -0.3 is 0 Å². The molecule has 0 amide bonds. The first-order chi connectivity index (χ1) is 9.19. The highest BCUT2D eigenvalue weighted by molar-refractivity contribution is 9.09. The molecular weight excluding hydrogens is 307 g/mol. The van der Waals surface area contributed by atoms with Crippen LogP contribution in [0, 0.1) is 11.7 Å². The van der Waals surface area contributed by atoms with Gasteiger partial charge in [-0.15, -0.1) is 0 Å². The Kier molecular flexibility index (Phi) is 5.14. The van der Waals surface area contributed by atoms with Gasteiger partial charge in [-0.25, -0.2) is 4.39 Å². The average molecular weight is 325 g/mol. The van der Waals surface area contributed by atoms with Crippen molar-refractivity contribution in [2.45, 2.75) is 19.3 Å². The summed E-state index contributed by atoms with van der Waals surface area (Å²) in [5.41, 5.74) is 2.45. The van der Waals surface area contributed by atoms with Gasteiger partial charge in [0.25, 0.3) is 0 Å². The van der Waals surface area contributed by atoms with E-state index >= 15 is 0 Å². The summed E-state index contributed by atoms with van der Waals surface area (Å²) in [5.74, 6) is 0.384. The molecule has 1 heterocycles. The molecule has 0 radical (unpaired) electrons. The van der Waals surface area contributed by atoms with Gasteiger partial charge in [-0.1, -0.05) is 28.1 Å². The van der Waals surface area contributed by atoms with E-state index in [0.717, 1.165) is 24.6 Å². The Morgan fingerprint density at radius 2 is 2.00 bits per heavy atom. The molecule has 1 unspecified atom stereocenters. The average Bonchev–Trinajstić information content (AvgIpc) is 2.82. The SMILES string of the molecule is Cn1nccc1CCC(CBr)Cc1ccc(F)cc1. The molecule has 1 atom stereocenters. The fraction of sp³-hybridized carbons (Fsp3) is 0.400. The minimum Gasteiger partial charge on any atom is -0.273 e. The first-order valence-electron chi connectivity index (χ1n) is 6.46. The van der Waals surface area contributed by atoms with Gasteiger partial charge in [0.2, 0.25) is 0 Å². The van der Waals surface area contributed by atoms with Crippen molar-refractivity contribution in [3.8, 4) is 0 Å². The van der Waals surface area contributed by atoms with Crippen molar-refractivity contribution in [2.24, 2.45) is 13.0 Å². The standard InChI is InChI=1S/C15H18BrFN2/c1-19-15(8-9-18-19)7-4-13(11-16)10-12-2-5-14(17)6-3-12/h2-3,5-6,8-9,13H,4,7,10-11H2,1H3. The van der Waals surface area contributed by atoms with Crippen molar-refractivity contribution in [2.75, 3.05) is 5.33 Å². The number of nitrogens with zero attached hydrogens (tertiary/aromatic N) is 2. The quantitative estimate of drug-likeness (QED) is 0.740. The number of rotatable bonds is 6. The minimum absolute atomic E-state index is 0.172. The van der Waals surface area contributed by atoms with E-state index in [4.69, 9.17) is 0 Å². The Bertz CT molecular complexity index is 507. The largest absolute Gasteiger partial charge is 0.273 e. The van der Waals surface area contributed by atoms with Crippen LogP contribution < -0.4 is 0 Å². The molecular formula is C15H18BrFN2. The molecule has 0 bridgehead atoms. The van der Waals surface area contributed by atoms with E-state index in [1.807, 2.05) is 30.1 Å². The van der Waals surface area contributed by atoms with Crippen LogP contribution in [0.25, 0.3) is 0 Å². The van der Waals surface area contributed by atoms with E-state index in [2.05, 4.69) is 27.1 Å². The van der Waals surface area contributed by atoms with Crippen LogP contribution in [0.4, 0.5) is 4.39 Å². The minimum atomic E-state index is -0.172. The maximum atomic E-state index is 12.9. The van der Waals surface area contributed by atoms with E-state index < -0.39 is 0 Å². The lowest BCUT2D eigenvalue weighted by molar-refractivity contribution is 0.527. The van der Waals surface area contributed by atoms with Crippen LogP contribution in [0.2, 0.25) is 0 Å². The Hall–Kier alpha value is -1.16. The summed E-state index contributed by atoms with van der Waals surface area (Å²) in [6, 6.07) is 8.86. The van der Waals surface area contributed by atoms with Crippen LogP contribution >= 0.6 is 15.9 Å². The van der Waals surface area contributed by atoms with Gasteiger partial charge in [0, 0.05) is 24.3 Å². The summed E-state index contributed by atoms with van der Waals surface area (Å²) in [7, 11) is 1.97. The third-order valence-electron chi connectivity index (χ3n) is 3.39. The number of benzene rings is 1. The maximum absolute atomic E-state index is 12.9. The van der Waals surface area contributed by atoms with Crippen molar-refractivity contribution < 1.29 is 4.39 Å². The Balaban J connectivity index is 1.90. The van der Waals surface area contributed by atoms with Crippen molar-refractivity contribution in [3.63, 3.8) is 0 Å². The molecule has 0 saturated carbocycles. The molecule has 0 saturated heterocycles. The van der Waals surface area contributed by atoms with Crippen LogP contribution in [0.5, 0.6) is 0 Å². The lowest BCUT2D eigenvalue weighted by Gasteiger charge is -2.14. The third-order valence-corrected chi connectivity index (χ3v) is 4.30. The summed E-state index contributed by atoms with van der Waals surface area (Å²) in [4.78, 5) is 0. The monoisotopic (exact) mass is 324 g/mol. The molecule has 2 nitrogen and oxygen atoms in total. The fourth-order valence-corrected chi connectivity index (χ4v) is 2.74. The van der Waals surface area contributed by atoms with Gasteiger partial charge >= 0.3 is 0 Å². The molecule has 0 fully saturated rings. The lowest BCUT2D eigenvalue weighted by atomic mass is 9.96. The summed E-state index contributed by atoms with van der Waals surface area (Å²) >= 11 is 3.57. The van der Waals surface area contributed by atoms with Crippen LogP contribution in [-0.2, 0) is 19.9 Å². The van der Waals surface area contributed by atoms with Crippen molar-refractivity contribution in [3.05, 3.63) is 53.6 Å². The lowest BCUT2D eigenvalue weighted by Crippen LogP contribution is -2.09. The highest BCUT2D eigenvalue weighted by atomic mass is 79.9. The molecule has 2 rings (SSSR count). The molecule has 19 heavy (non-hydrogen) atoms. The van der Waals surface area contributed by atoms with Gasteiger partial charge in [0.05, 0.1) is 0 Å². The summed E-state index contributed by atoms with van der Waals surface area (Å²) < 4.78 is 14.8. The molecule has 102 valence electrons. The van der Waals surface area contributed by atoms with Gasteiger partial charge in [-0.3, -0.25) is 4.68 Å². The van der Waals surface area contributed by atoms with E-state index in [1.54, 1.807) is 0 Å². The van der Waals surface area contributed by atoms with E-state index in [0.29, 0.717) is 5.92 Å². The second-order valence-electron chi connectivity index (χ2n) is 4.84.